The number of carbonyl (C=O) groups excluding carboxylic acids is 2. The summed E-state index contributed by atoms with van der Waals surface area (Å²) in [5.74, 6) is 0. The standard InChI is InChI=1S/C19H33N3O5SSi/c1-12-15-14(20-16(28-15)21-17(24)27-19(2,3)4)10-13(11-23)22(12)18(25)26-8-9-29(5,6)7/h12-13,23H,8-11H2,1-7H3,(H,20,21,24)/t12-,13-/m0/s1. The molecule has 2 atom stereocenters. The second-order valence-electron chi connectivity index (χ2n) is 9.51. The summed E-state index contributed by atoms with van der Waals surface area (Å²) < 4.78 is 10.8. The fraction of sp³-hybridized carbons (Fsp3) is 0.737. The van der Waals surface area contributed by atoms with Crippen molar-refractivity contribution in [3.05, 3.63) is 10.6 Å². The van der Waals surface area contributed by atoms with Crippen LogP contribution in [0, 0.1) is 0 Å². The van der Waals surface area contributed by atoms with Crippen LogP contribution in [0.1, 0.15) is 44.3 Å². The molecule has 0 saturated heterocycles. The largest absolute Gasteiger partial charge is 0.450 e. The highest BCUT2D eigenvalue weighted by atomic mass is 32.1. The lowest BCUT2D eigenvalue weighted by atomic mass is 10.00. The Morgan fingerprint density at radius 1 is 1.34 bits per heavy atom. The Morgan fingerprint density at radius 3 is 2.55 bits per heavy atom. The highest BCUT2D eigenvalue weighted by Crippen LogP contribution is 2.39. The number of rotatable bonds is 5. The second-order valence-corrected chi connectivity index (χ2v) is 16.2. The van der Waals surface area contributed by atoms with Crippen molar-refractivity contribution in [1.82, 2.24) is 9.88 Å². The van der Waals surface area contributed by atoms with Crippen LogP contribution in [0.25, 0.3) is 0 Å². The molecular formula is C19H33N3O5SSi. The summed E-state index contributed by atoms with van der Waals surface area (Å²) in [6, 6.07) is 0.177. The number of ether oxygens (including phenoxy) is 2. The fourth-order valence-corrected chi connectivity index (χ4v) is 4.77. The molecule has 0 aliphatic carbocycles. The number of hydrogen-bond donors (Lipinski definition) is 2. The molecule has 29 heavy (non-hydrogen) atoms. The minimum absolute atomic E-state index is 0.181. The molecule has 0 unspecified atom stereocenters. The number of carbonyl (C=O) groups is 2. The van der Waals surface area contributed by atoms with Crippen molar-refractivity contribution >= 4 is 36.7 Å². The molecule has 0 fully saturated rings. The van der Waals surface area contributed by atoms with Crippen molar-refractivity contribution in [3.8, 4) is 0 Å². The quantitative estimate of drug-likeness (QED) is 0.660. The molecule has 10 heteroatoms. The Hall–Kier alpha value is -1.65. The molecule has 164 valence electrons. The Balaban J connectivity index is 2.11. The van der Waals surface area contributed by atoms with Crippen molar-refractivity contribution in [2.45, 2.75) is 77.5 Å². The Morgan fingerprint density at radius 2 is 2.00 bits per heavy atom. The molecule has 0 saturated carbocycles. The zero-order chi connectivity index (χ0) is 22.0. The van der Waals surface area contributed by atoms with Crippen molar-refractivity contribution in [2.24, 2.45) is 0 Å². The molecule has 0 bridgehead atoms. The van der Waals surface area contributed by atoms with Crippen LogP contribution in [0.15, 0.2) is 0 Å². The summed E-state index contributed by atoms with van der Waals surface area (Å²) in [6.45, 7) is 14.1. The van der Waals surface area contributed by atoms with Crippen LogP contribution in [-0.4, -0.2) is 60.1 Å². The van der Waals surface area contributed by atoms with E-state index in [2.05, 4.69) is 29.9 Å². The van der Waals surface area contributed by atoms with E-state index in [1.165, 1.54) is 11.3 Å². The molecule has 1 aliphatic rings. The molecule has 8 nitrogen and oxygen atoms in total. The number of aromatic nitrogens is 1. The molecule has 1 aromatic rings. The van der Waals surface area contributed by atoms with Gasteiger partial charge in [-0.1, -0.05) is 31.0 Å². The fourth-order valence-electron chi connectivity index (χ4n) is 3.02. The van der Waals surface area contributed by atoms with Crippen LogP contribution < -0.4 is 5.32 Å². The first kappa shape index (κ1) is 23.6. The average molecular weight is 444 g/mol. The molecule has 0 spiro atoms. The summed E-state index contributed by atoms with van der Waals surface area (Å²) in [5.41, 5.74) is 0.172. The first-order valence-corrected chi connectivity index (χ1v) is 14.4. The SMILES string of the molecule is C[C@H]1c2sc(NC(=O)OC(C)(C)C)nc2C[C@@H](CO)N1C(=O)OCC[Si](C)(C)C. The third-order valence-corrected chi connectivity index (χ3v) is 7.34. The Labute approximate surface area is 177 Å². The Kier molecular flexibility index (Phi) is 7.34. The molecule has 0 aromatic carbocycles. The predicted octanol–water partition coefficient (Wildman–Crippen LogP) is 4.24. The van der Waals surface area contributed by atoms with Crippen LogP contribution in [0.2, 0.25) is 25.7 Å². The molecule has 1 aliphatic heterocycles. The molecule has 2 N–H and O–H groups in total. The van der Waals surface area contributed by atoms with Gasteiger partial charge in [0.1, 0.15) is 5.60 Å². The maximum absolute atomic E-state index is 12.7. The molecular weight excluding hydrogens is 410 g/mol. The van der Waals surface area contributed by atoms with Gasteiger partial charge in [0.15, 0.2) is 5.13 Å². The minimum Gasteiger partial charge on any atom is -0.450 e. The highest BCUT2D eigenvalue weighted by Gasteiger charge is 2.38. The van der Waals surface area contributed by atoms with E-state index >= 15 is 0 Å². The Bertz CT molecular complexity index is 741. The number of anilines is 1. The van der Waals surface area contributed by atoms with Crippen LogP contribution in [0.3, 0.4) is 0 Å². The van der Waals surface area contributed by atoms with Gasteiger partial charge in [-0.3, -0.25) is 10.2 Å². The number of nitrogens with zero attached hydrogens (tertiary/aromatic N) is 2. The van der Waals surface area contributed by atoms with E-state index < -0.39 is 31.9 Å². The zero-order valence-electron chi connectivity index (χ0n) is 18.4. The first-order valence-electron chi connectivity index (χ1n) is 9.86. The van der Waals surface area contributed by atoms with Gasteiger partial charge in [-0.05, 0) is 33.7 Å². The molecule has 2 heterocycles. The molecule has 1 aromatic heterocycles. The summed E-state index contributed by atoms with van der Waals surface area (Å²) in [5, 5.41) is 12.9. The number of thiazole rings is 1. The van der Waals surface area contributed by atoms with E-state index in [1.54, 1.807) is 25.7 Å². The van der Waals surface area contributed by atoms with Crippen molar-refractivity contribution in [2.75, 3.05) is 18.5 Å². The van der Waals surface area contributed by atoms with Gasteiger partial charge in [-0.15, -0.1) is 0 Å². The van der Waals surface area contributed by atoms with Gasteiger partial charge in [0.2, 0.25) is 0 Å². The molecule has 0 radical (unpaired) electrons. The topological polar surface area (TPSA) is 101 Å². The van der Waals surface area contributed by atoms with E-state index in [0.29, 0.717) is 18.2 Å². The van der Waals surface area contributed by atoms with Crippen LogP contribution >= 0.6 is 11.3 Å². The third kappa shape index (κ3) is 6.68. The lowest BCUT2D eigenvalue weighted by Crippen LogP contribution is -2.48. The van der Waals surface area contributed by atoms with Gasteiger partial charge in [0, 0.05) is 14.5 Å². The highest BCUT2D eigenvalue weighted by molar-refractivity contribution is 7.16. The minimum atomic E-state index is -1.31. The van der Waals surface area contributed by atoms with Gasteiger partial charge in [0.05, 0.1) is 35.9 Å². The smallest absolute Gasteiger partial charge is 0.413 e. The van der Waals surface area contributed by atoms with Crippen molar-refractivity contribution in [3.63, 3.8) is 0 Å². The number of nitrogens with one attached hydrogen (secondary N) is 1. The summed E-state index contributed by atoms with van der Waals surface area (Å²) >= 11 is 1.31. The number of fused-ring (bicyclic) bond motifs is 1. The van der Waals surface area contributed by atoms with Crippen molar-refractivity contribution in [1.29, 1.82) is 0 Å². The van der Waals surface area contributed by atoms with Gasteiger partial charge < -0.3 is 14.6 Å². The van der Waals surface area contributed by atoms with Gasteiger partial charge >= 0.3 is 12.2 Å². The monoisotopic (exact) mass is 443 g/mol. The first-order chi connectivity index (χ1) is 13.3. The number of amides is 2. The van der Waals surface area contributed by atoms with Crippen LogP contribution in [-0.2, 0) is 15.9 Å². The number of hydrogen-bond acceptors (Lipinski definition) is 7. The van der Waals surface area contributed by atoms with E-state index in [0.717, 1.165) is 16.6 Å². The zero-order valence-corrected chi connectivity index (χ0v) is 20.2. The maximum atomic E-state index is 12.7. The molecule has 2 amide bonds. The summed E-state index contributed by atoms with van der Waals surface area (Å²) in [6.07, 6.45) is -0.584. The summed E-state index contributed by atoms with van der Waals surface area (Å²) in [4.78, 5) is 31.7. The van der Waals surface area contributed by atoms with E-state index in [9.17, 15) is 14.7 Å². The van der Waals surface area contributed by atoms with Gasteiger partial charge in [0.25, 0.3) is 0 Å². The van der Waals surface area contributed by atoms with Gasteiger partial charge in [-0.25, -0.2) is 14.6 Å². The maximum Gasteiger partial charge on any atom is 0.413 e. The molecule has 2 rings (SSSR count). The lowest BCUT2D eigenvalue weighted by Gasteiger charge is -2.38. The average Bonchev–Trinajstić information content (AvgIpc) is 2.93. The van der Waals surface area contributed by atoms with E-state index in [-0.39, 0.29) is 12.6 Å². The van der Waals surface area contributed by atoms with Gasteiger partial charge in [-0.2, -0.15) is 0 Å². The van der Waals surface area contributed by atoms with Crippen LogP contribution in [0.4, 0.5) is 14.7 Å². The van der Waals surface area contributed by atoms with Crippen LogP contribution in [0.5, 0.6) is 0 Å². The number of aliphatic hydroxyl groups is 1. The predicted molar refractivity (Wildman–Crippen MR) is 116 cm³/mol. The normalized spacial score (nSPS) is 19.5. The third-order valence-electron chi connectivity index (χ3n) is 4.45. The van der Waals surface area contributed by atoms with E-state index in [1.807, 2.05) is 6.92 Å². The second kappa shape index (κ2) is 9.01. The lowest BCUT2D eigenvalue weighted by molar-refractivity contribution is 0.0481. The van der Waals surface area contributed by atoms with Crippen molar-refractivity contribution < 1.29 is 24.2 Å². The van der Waals surface area contributed by atoms with E-state index in [4.69, 9.17) is 9.47 Å². The number of aliphatic hydroxyl groups excluding tert-OH is 1. The summed E-state index contributed by atoms with van der Waals surface area (Å²) in [7, 11) is -1.31.